The van der Waals surface area contributed by atoms with Gasteiger partial charge in [0, 0.05) is 6.54 Å². The number of hydrogen-bond donors (Lipinski definition) is 1. The zero-order valence-corrected chi connectivity index (χ0v) is 18.7. The zero-order valence-electron chi connectivity index (χ0n) is 18.7. The first-order valence-electron chi connectivity index (χ1n) is 11.1. The summed E-state index contributed by atoms with van der Waals surface area (Å²) in [6, 6.07) is 14.0. The number of likely N-dealkylation sites (tertiary alicyclic amines) is 1. The molecule has 1 aromatic heterocycles. The highest BCUT2D eigenvalue weighted by Gasteiger charge is 2.37. The Morgan fingerprint density at radius 1 is 1.09 bits per heavy atom. The van der Waals surface area contributed by atoms with Gasteiger partial charge < -0.3 is 14.6 Å². The van der Waals surface area contributed by atoms with Crippen molar-refractivity contribution in [1.82, 2.24) is 9.88 Å². The highest BCUT2D eigenvalue weighted by atomic mass is 19.4. The van der Waals surface area contributed by atoms with Crippen LogP contribution in [0.1, 0.15) is 35.9 Å². The fourth-order valence-electron chi connectivity index (χ4n) is 4.38. The van der Waals surface area contributed by atoms with E-state index in [4.69, 9.17) is 4.42 Å². The molecule has 5 nitrogen and oxygen atoms in total. The fourth-order valence-corrected chi connectivity index (χ4v) is 4.38. The van der Waals surface area contributed by atoms with Crippen molar-refractivity contribution in [1.29, 1.82) is 0 Å². The van der Waals surface area contributed by atoms with Crippen LogP contribution in [0.5, 0.6) is 0 Å². The first-order valence-corrected chi connectivity index (χ1v) is 11.1. The van der Waals surface area contributed by atoms with Gasteiger partial charge in [-0.2, -0.15) is 13.2 Å². The minimum absolute atomic E-state index is 0.281. The van der Waals surface area contributed by atoms with E-state index < -0.39 is 23.8 Å². The second-order valence-electron chi connectivity index (χ2n) is 8.52. The molecule has 1 aliphatic rings. The first-order chi connectivity index (χ1) is 16.7. The number of hydrogen-bond acceptors (Lipinski definition) is 3. The van der Waals surface area contributed by atoms with E-state index in [1.165, 1.54) is 29.2 Å². The van der Waals surface area contributed by atoms with Gasteiger partial charge in [-0.25, -0.2) is 14.2 Å². The molecule has 1 atom stereocenters. The molecule has 0 saturated carbocycles. The van der Waals surface area contributed by atoms with Crippen molar-refractivity contribution in [2.75, 3.05) is 11.9 Å². The van der Waals surface area contributed by atoms with Crippen molar-refractivity contribution in [3.63, 3.8) is 0 Å². The molecular weight excluding hydrogens is 462 g/mol. The van der Waals surface area contributed by atoms with Crippen LogP contribution in [0.2, 0.25) is 0 Å². The standard InChI is InChI=1S/C26H21F4N3O2/c1-15-13-16(8-10-19(15)27)17-9-11-23-21(14-17)31-24(35-23)22-7-4-12-33(22)25(34)32-20-6-3-2-5-18(20)26(28,29)30/h2-3,5-6,8-11,13-14,22H,4,7,12H2,1H3,(H,32,34). The van der Waals surface area contributed by atoms with Crippen LogP contribution in [0.3, 0.4) is 0 Å². The molecular formula is C26H21F4N3O2. The van der Waals surface area contributed by atoms with Gasteiger partial charge in [-0.05, 0) is 72.9 Å². The summed E-state index contributed by atoms with van der Waals surface area (Å²) >= 11 is 0. The third kappa shape index (κ3) is 4.45. The number of rotatable bonds is 3. The van der Waals surface area contributed by atoms with Crippen LogP contribution in [0.25, 0.3) is 22.2 Å². The van der Waals surface area contributed by atoms with Crippen LogP contribution in [0, 0.1) is 12.7 Å². The summed E-state index contributed by atoms with van der Waals surface area (Å²) < 4.78 is 59.5. The largest absolute Gasteiger partial charge is 0.438 e. The highest BCUT2D eigenvalue weighted by Crippen LogP contribution is 2.37. The number of fused-ring (bicyclic) bond motifs is 1. The summed E-state index contributed by atoms with van der Waals surface area (Å²) in [7, 11) is 0. The predicted octanol–water partition coefficient (Wildman–Crippen LogP) is 7.33. The number of para-hydroxylation sites is 1. The third-order valence-electron chi connectivity index (χ3n) is 6.17. The summed E-state index contributed by atoms with van der Waals surface area (Å²) in [5.41, 5.74) is 2.10. The van der Waals surface area contributed by atoms with E-state index in [0.29, 0.717) is 41.9 Å². The summed E-state index contributed by atoms with van der Waals surface area (Å²) in [6.45, 7) is 2.06. The van der Waals surface area contributed by atoms with Gasteiger partial charge in [0.2, 0.25) is 5.89 Å². The molecule has 1 N–H and O–H groups in total. The Kier molecular flexibility index (Phi) is 5.70. The van der Waals surface area contributed by atoms with Gasteiger partial charge in [0.05, 0.1) is 11.3 Å². The Labute approximate surface area is 198 Å². The molecule has 1 unspecified atom stereocenters. The van der Waals surface area contributed by atoms with Gasteiger partial charge in [-0.1, -0.05) is 24.3 Å². The molecule has 0 spiro atoms. The second-order valence-corrected chi connectivity index (χ2v) is 8.52. The van der Waals surface area contributed by atoms with E-state index >= 15 is 0 Å². The van der Waals surface area contributed by atoms with Crippen molar-refractivity contribution >= 4 is 22.8 Å². The van der Waals surface area contributed by atoms with Crippen molar-refractivity contribution in [2.24, 2.45) is 0 Å². The van der Waals surface area contributed by atoms with Crippen molar-refractivity contribution in [3.05, 3.63) is 83.5 Å². The number of carbonyl (C=O) groups is 1. The number of anilines is 1. The molecule has 3 aromatic carbocycles. The first kappa shape index (κ1) is 22.9. The maximum Gasteiger partial charge on any atom is 0.418 e. The molecule has 0 aliphatic carbocycles. The lowest BCUT2D eigenvalue weighted by Gasteiger charge is -2.23. The molecule has 2 amide bonds. The number of aromatic nitrogens is 1. The molecule has 180 valence electrons. The van der Waals surface area contributed by atoms with Crippen LogP contribution in [-0.4, -0.2) is 22.5 Å². The van der Waals surface area contributed by atoms with Crippen LogP contribution in [-0.2, 0) is 6.18 Å². The molecule has 9 heteroatoms. The van der Waals surface area contributed by atoms with E-state index in [2.05, 4.69) is 10.3 Å². The quantitative estimate of drug-likeness (QED) is 0.311. The van der Waals surface area contributed by atoms with Gasteiger partial charge in [-0.15, -0.1) is 0 Å². The third-order valence-corrected chi connectivity index (χ3v) is 6.17. The Morgan fingerprint density at radius 3 is 2.60 bits per heavy atom. The van der Waals surface area contributed by atoms with Crippen LogP contribution >= 0.6 is 0 Å². The van der Waals surface area contributed by atoms with Gasteiger partial charge in [-0.3, -0.25) is 0 Å². The maximum absolute atomic E-state index is 13.6. The monoisotopic (exact) mass is 483 g/mol. The van der Waals surface area contributed by atoms with Gasteiger partial charge in [0.25, 0.3) is 0 Å². The zero-order chi connectivity index (χ0) is 24.7. The summed E-state index contributed by atoms with van der Waals surface area (Å²) in [4.78, 5) is 19.0. The number of oxazole rings is 1. The Hall–Kier alpha value is -3.88. The number of amides is 2. The molecule has 4 aromatic rings. The topological polar surface area (TPSA) is 58.4 Å². The number of benzene rings is 3. The summed E-state index contributed by atoms with van der Waals surface area (Å²) in [6.07, 6.45) is -3.35. The molecule has 0 bridgehead atoms. The normalized spacial score (nSPS) is 16.1. The molecule has 1 saturated heterocycles. The van der Waals surface area contributed by atoms with Crippen LogP contribution < -0.4 is 5.32 Å². The predicted molar refractivity (Wildman–Crippen MR) is 123 cm³/mol. The number of alkyl halides is 3. The summed E-state index contributed by atoms with van der Waals surface area (Å²) in [5.74, 6) is 0.0419. The SMILES string of the molecule is Cc1cc(-c2ccc3oc(C4CCCN4C(=O)Nc4ccccc4C(F)(F)F)nc3c2)ccc1F. The smallest absolute Gasteiger partial charge is 0.418 e. The summed E-state index contributed by atoms with van der Waals surface area (Å²) in [5, 5.41) is 2.40. The Morgan fingerprint density at radius 2 is 1.83 bits per heavy atom. The second kappa shape index (κ2) is 8.72. The van der Waals surface area contributed by atoms with Crippen LogP contribution in [0.15, 0.2) is 65.1 Å². The molecule has 5 rings (SSSR count). The number of nitrogens with zero attached hydrogens (tertiary/aromatic N) is 2. The van der Waals surface area contributed by atoms with Gasteiger partial charge in [0.1, 0.15) is 17.4 Å². The van der Waals surface area contributed by atoms with Crippen molar-refractivity contribution in [3.8, 4) is 11.1 Å². The van der Waals surface area contributed by atoms with Crippen molar-refractivity contribution < 1.29 is 26.8 Å². The average Bonchev–Trinajstić information content (AvgIpc) is 3.47. The van der Waals surface area contributed by atoms with Crippen molar-refractivity contribution in [2.45, 2.75) is 32.0 Å². The Balaban J connectivity index is 1.40. The molecule has 0 radical (unpaired) electrons. The molecule has 2 heterocycles. The number of halogens is 4. The number of carbonyl (C=O) groups excluding carboxylic acids is 1. The van der Waals surface area contributed by atoms with E-state index in [1.54, 1.807) is 25.1 Å². The number of nitrogens with one attached hydrogen (secondary N) is 1. The maximum atomic E-state index is 13.6. The lowest BCUT2D eigenvalue weighted by atomic mass is 10.0. The van der Waals surface area contributed by atoms with Gasteiger partial charge in [0.15, 0.2) is 5.58 Å². The molecule has 1 fully saturated rings. The average molecular weight is 483 g/mol. The lowest BCUT2D eigenvalue weighted by Crippen LogP contribution is -2.35. The molecule has 1 aliphatic heterocycles. The lowest BCUT2D eigenvalue weighted by molar-refractivity contribution is -0.136. The van der Waals surface area contributed by atoms with E-state index in [-0.39, 0.29) is 11.5 Å². The fraction of sp³-hybridized carbons (Fsp3) is 0.231. The highest BCUT2D eigenvalue weighted by molar-refractivity contribution is 5.91. The minimum atomic E-state index is -4.59. The molecule has 35 heavy (non-hydrogen) atoms. The Bertz CT molecular complexity index is 1410. The minimum Gasteiger partial charge on any atom is -0.438 e. The van der Waals surface area contributed by atoms with Gasteiger partial charge >= 0.3 is 12.2 Å². The number of urea groups is 1. The van der Waals surface area contributed by atoms with E-state index in [9.17, 15) is 22.4 Å². The number of aryl methyl sites for hydroxylation is 1. The van der Waals surface area contributed by atoms with E-state index in [1.807, 2.05) is 12.1 Å². The van der Waals surface area contributed by atoms with E-state index in [0.717, 1.165) is 17.2 Å². The van der Waals surface area contributed by atoms with Crippen LogP contribution in [0.4, 0.5) is 28.0 Å².